The molecule has 0 amide bonds. The number of hydrogen-bond donors (Lipinski definition) is 0. The van der Waals surface area contributed by atoms with E-state index in [2.05, 4.69) is 19.2 Å². The van der Waals surface area contributed by atoms with Gasteiger partial charge in [0.1, 0.15) is 11.7 Å². The summed E-state index contributed by atoms with van der Waals surface area (Å²) in [6.45, 7) is 7.13. The Hall–Kier alpha value is -1.34. The zero-order chi connectivity index (χ0) is 11.7. The standard InChI is InChI=1S/C12H18O3/c1-4-6-7-9-15-12(14)11(8-5-2)10(3)13/h8,11H,2,4,6-7,9H2,1,3H3. The molecule has 1 atom stereocenters. The molecule has 0 aliphatic rings. The van der Waals surface area contributed by atoms with Gasteiger partial charge in [0.15, 0.2) is 0 Å². The summed E-state index contributed by atoms with van der Waals surface area (Å²) >= 11 is 0. The summed E-state index contributed by atoms with van der Waals surface area (Å²) in [5.41, 5.74) is 2.43. The summed E-state index contributed by atoms with van der Waals surface area (Å²) in [6, 6.07) is 0. The smallest absolute Gasteiger partial charge is 0.321 e. The predicted molar refractivity (Wildman–Crippen MR) is 58.4 cm³/mol. The minimum Gasteiger partial charge on any atom is -0.465 e. The Labute approximate surface area is 90.8 Å². The molecule has 0 aromatic rings. The Balaban J connectivity index is 4.04. The Morgan fingerprint density at radius 1 is 1.47 bits per heavy atom. The van der Waals surface area contributed by atoms with Crippen LogP contribution in [0.5, 0.6) is 0 Å². The lowest BCUT2D eigenvalue weighted by Gasteiger charge is -2.08. The molecule has 0 saturated carbocycles. The first-order valence-electron chi connectivity index (χ1n) is 5.16. The average molecular weight is 210 g/mol. The molecule has 15 heavy (non-hydrogen) atoms. The zero-order valence-corrected chi connectivity index (χ0v) is 9.41. The summed E-state index contributed by atoms with van der Waals surface area (Å²) in [7, 11) is 0. The van der Waals surface area contributed by atoms with Crippen LogP contribution in [0.2, 0.25) is 0 Å². The highest BCUT2D eigenvalue weighted by Gasteiger charge is 2.21. The first-order chi connectivity index (χ1) is 7.13. The fourth-order valence-electron chi connectivity index (χ4n) is 1.08. The van der Waals surface area contributed by atoms with E-state index in [4.69, 9.17) is 4.74 Å². The second-order valence-corrected chi connectivity index (χ2v) is 3.33. The third kappa shape index (κ3) is 5.87. The van der Waals surface area contributed by atoms with Crippen LogP contribution in [0.15, 0.2) is 18.4 Å². The number of hydrogen-bond acceptors (Lipinski definition) is 3. The van der Waals surface area contributed by atoms with Crippen LogP contribution in [0.3, 0.4) is 0 Å². The summed E-state index contributed by atoms with van der Waals surface area (Å²) in [6.07, 6.45) is 4.27. The van der Waals surface area contributed by atoms with Crippen molar-refractivity contribution in [1.82, 2.24) is 0 Å². The first-order valence-corrected chi connectivity index (χ1v) is 5.16. The van der Waals surface area contributed by atoms with Crippen LogP contribution >= 0.6 is 0 Å². The maximum Gasteiger partial charge on any atom is 0.321 e. The molecule has 0 aliphatic heterocycles. The lowest BCUT2D eigenvalue weighted by atomic mass is 10.1. The molecule has 0 aromatic carbocycles. The predicted octanol–water partition coefficient (Wildman–Crippen LogP) is 2.27. The van der Waals surface area contributed by atoms with Gasteiger partial charge >= 0.3 is 5.97 Å². The molecule has 84 valence electrons. The molecule has 1 unspecified atom stereocenters. The van der Waals surface area contributed by atoms with E-state index in [0.29, 0.717) is 6.61 Å². The number of ketones is 1. The number of carbonyl (C=O) groups is 2. The molecule has 0 saturated heterocycles. The average Bonchev–Trinajstić information content (AvgIpc) is 2.20. The van der Waals surface area contributed by atoms with Gasteiger partial charge in [0.25, 0.3) is 0 Å². The molecule has 0 fully saturated rings. The van der Waals surface area contributed by atoms with Crippen molar-refractivity contribution in [2.24, 2.45) is 5.92 Å². The van der Waals surface area contributed by atoms with Gasteiger partial charge in [0.2, 0.25) is 0 Å². The van der Waals surface area contributed by atoms with Gasteiger partial charge in [-0.2, -0.15) is 0 Å². The van der Waals surface area contributed by atoms with Crippen molar-refractivity contribution in [2.45, 2.75) is 33.1 Å². The first kappa shape index (κ1) is 13.7. The van der Waals surface area contributed by atoms with Crippen LogP contribution in [0.25, 0.3) is 0 Å². The van der Waals surface area contributed by atoms with Crippen molar-refractivity contribution in [2.75, 3.05) is 6.61 Å². The van der Waals surface area contributed by atoms with E-state index in [-0.39, 0.29) is 5.78 Å². The van der Waals surface area contributed by atoms with Crippen molar-refractivity contribution in [3.05, 3.63) is 18.4 Å². The van der Waals surface area contributed by atoms with Gasteiger partial charge in [-0.1, -0.05) is 26.3 Å². The number of carbonyl (C=O) groups excluding carboxylic acids is 2. The molecule has 3 heteroatoms. The van der Waals surface area contributed by atoms with Crippen LogP contribution in [-0.2, 0) is 14.3 Å². The van der Waals surface area contributed by atoms with Gasteiger partial charge in [0, 0.05) is 0 Å². The van der Waals surface area contributed by atoms with Gasteiger partial charge in [-0.15, -0.1) is 5.73 Å². The summed E-state index contributed by atoms with van der Waals surface area (Å²) in [5, 5.41) is 0. The SMILES string of the molecule is C=C=CC(C(C)=O)C(=O)OCCCCC. The van der Waals surface area contributed by atoms with Gasteiger partial charge in [0.05, 0.1) is 6.61 Å². The molecule has 0 spiro atoms. The number of unbranched alkanes of at least 4 members (excludes halogenated alkanes) is 2. The molecule has 0 heterocycles. The monoisotopic (exact) mass is 210 g/mol. The molecular weight excluding hydrogens is 192 g/mol. The van der Waals surface area contributed by atoms with Crippen LogP contribution in [0.4, 0.5) is 0 Å². The highest BCUT2D eigenvalue weighted by molar-refractivity contribution is 5.99. The Morgan fingerprint density at radius 3 is 2.60 bits per heavy atom. The van der Waals surface area contributed by atoms with Crippen LogP contribution in [-0.4, -0.2) is 18.4 Å². The van der Waals surface area contributed by atoms with Gasteiger partial charge < -0.3 is 4.74 Å². The fraction of sp³-hybridized carbons (Fsp3) is 0.583. The molecule has 0 radical (unpaired) electrons. The number of esters is 1. The van der Waals surface area contributed by atoms with E-state index in [1.54, 1.807) is 0 Å². The van der Waals surface area contributed by atoms with Crippen molar-refractivity contribution in [1.29, 1.82) is 0 Å². The van der Waals surface area contributed by atoms with Crippen molar-refractivity contribution >= 4 is 11.8 Å². The quantitative estimate of drug-likeness (QED) is 0.280. The van der Waals surface area contributed by atoms with E-state index >= 15 is 0 Å². The minimum atomic E-state index is -0.843. The Kier molecular flexibility index (Phi) is 7.29. The van der Waals surface area contributed by atoms with Crippen LogP contribution < -0.4 is 0 Å². The van der Waals surface area contributed by atoms with Gasteiger partial charge in [-0.3, -0.25) is 9.59 Å². The Morgan fingerprint density at radius 2 is 2.13 bits per heavy atom. The maximum absolute atomic E-state index is 11.4. The van der Waals surface area contributed by atoms with Crippen LogP contribution in [0.1, 0.15) is 33.1 Å². The lowest BCUT2D eigenvalue weighted by Crippen LogP contribution is -2.22. The van der Waals surface area contributed by atoms with Gasteiger partial charge in [-0.25, -0.2) is 0 Å². The van der Waals surface area contributed by atoms with E-state index in [0.717, 1.165) is 19.3 Å². The number of rotatable bonds is 7. The van der Waals surface area contributed by atoms with E-state index < -0.39 is 11.9 Å². The third-order valence-corrected chi connectivity index (χ3v) is 1.97. The zero-order valence-electron chi connectivity index (χ0n) is 9.41. The van der Waals surface area contributed by atoms with E-state index in [1.807, 2.05) is 0 Å². The topological polar surface area (TPSA) is 43.4 Å². The molecule has 0 aromatic heterocycles. The normalized spacial score (nSPS) is 11.3. The van der Waals surface area contributed by atoms with Crippen molar-refractivity contribution < 1.29 is 14.3 Å². The number of Topliss-reactive ketones (excluding diaryl/α,β-unsaturated/α-hetero) is 1. The van der Waals surface area contributed by atoms with Gasteiger partial charge in [-0.05, 0) is 19.4 Å². The lowest BCUT2D eigenvalue weighted by molar-refractivity contribution is -0.149. The second kappa shape index (κ2) is 8.01. The van der Waals surface area contributed by atoms with Crippen molar-refractivity contribution in [3.8, 4) is 0 Å². The number of ether oxygens (including phenoxy) is 1. The summed E-state index contributed by atoms with van der Waals surface area (Å²) < 4.78 is 4.96. The molecular formula is C12H18O3. The molecule has 0 aliphatic carbocycles. The highest BCUT2D eigenvalue weighted by atomic mass is 16.5. The third-order valence-electron chi connectivity index (χ3n) is 1.97. The molecule has 0 bridgehead atoms. The Bertz CT molecular complexity index is 260. The molecule has 0 rings (SSSR count). The summed E-state index contributed by atoms with van der Waals surface area (Å²) in [5.74, 6) is -1.59. The maximum atomic E-state index is 11.4. The minimum absolute atomic E-state index is 0.244. The second-order valence-electron chi connectivity index (χ2n) is 3.33. The van der Waals surface area contributed by atoms with Crippen molar-refractivity contribution in [3.63, 3.8) is 0 Å². The largest absolute Gasteiger partial charge is 0.465 e. The van der Waals surface area contributed by atoms with E-state index in [9.17, 15) is 9.59 Å². The fourth-order valence-corrected chi connectivity index (χ4v) is 1.08. The highest BCUT2D eigenvalue weighted by Crippen LogP contribution is 2.04. The van der Waals surface area contributed by atoms with E-state index in [1.165, 1.54) is 13.0 Å². The summed E-state index contributed by atoms with van der Waals surface area (Å²) in [4.78, 5) is 22.5. The molecule has 3 nitrogen and oxygen atoms in total. The molecule has 0 N–H and O–H groups in total. The van der Waals surface area contributed by atoms with Crippen LogP contribution in [0, 0.1) is 5.92 Å².